The number of allylic oxidation sites excluding steroid dienone is 4. The first-order chi connectivity index (χ1) is 18.0. The van der Waals surface area contributed by atoms with Crippen LogP contribution in [0.5, 0.6) is 0 Å². The van der Waals surface area contributed by atoms with Gasteiger partial charge in [-0.25, -0.2) is 0 Å². The summed E-state index contributed by atoms with van der Waals surface area (Å²) in [6.45, 7) is 3.97. The Morgan fingerprint density at radius 1 is 1.08 bits per heavy atom. The zero-order valence-electron chi connectivity index (χ0n) is 22.0. The van der Waals surface area contributed by atoms with Gasteiger partial charge in [0.25, 0.3) is 11.8 Å². The van der Waals surface area contributed by atoms with Gasteiger partial charge in [0.15, 0.2) is 5.78 Å². The van der Waals surface area contributed by atoms with E-state index in [1.165, 1.54) is 7.05 Å². The Morgan fingerprint density at radius 2 is 1.71 bits per heavy atom. The highest BCUT2D eigenvalue weighted by atomic mass is 32.1. The molecule has 204 valence electrons. The number of nitrogens with two attached hydrogens (primary N) is 1. The van der Waals surface area contributed by atoms with E-state index in [1.807, 2.05) is 26.0 Å². The lowest BCUT2D eigenvalue weighted by Crippen LogP contribution is -2.53. The Bertz CT molecular complexity index is 1130. The number of carbonyl (C=O) groups is 5. The van der Waals surface area contributed by atoms with Crippen LogP contribution in [-0.4, -0.2) is 65.2 Å². The molecule has 1 aromatic carbocycles. The summed E-state index contributed by atoms with van der Waals surface area (Å²) in [6.07, 6.45) is 8.19. The number of rotatable bonds is 12. The molecular weight excluding hydrogens is 504 g/mol. The van der Waals surface area contributed by atoms with E-state index in [0.717, 1.165) is 4.90 Å². The van der Waals surface area contributed by atoms with Gasteiger partial charge in [0, 0.05) is 13.6 Å². The summed E-state index contributed by atoms with van der Waals surface area (Å²) < 4.78 is 0. The summed E-state index contributed by atoms with van der Waals surface area (Å²) in [5, 5.41) is 4.38. The van der Waals surface area contributed by atoms with Crippen LogP contribution in [-0.2, 0) is 14.4 Å². The molecule has 1 aliphatic carbocycles. The Labute approximate surface area is 228 Å². The SMILES string of the molecule is CNC(=O)[C@H](CC1(C(=O)[C@@H](N)CC(C)C)C=CC=CC1)NC(=O)C(S)CCN1C(=O)c2ccccc2C1=O. The number of nitrogens with one attached hydrogen (secondary N) is 2. The number of Topliss-reactive ketones (excluding diaryl/α,β-unsaturated/α-hetero) is 1. The number of hydrogen-bond acceptors (Lipinski definition) is 7. The third-order valence-corrected chi connectivity index (χ3v) is 7.44. The molecule has 0 fully saturated rings. The molecule has 38 heavy (non-hydrogen) atoms. The van der Waals surface area contributed by atoms with Crippen LogP contribution in [0.1, 0.15) is 60.2 Å². The molecule has 10 heteroatoms. The Morgan fingerprint density at radius 3 is 2.24 bits per heavy atom. The van der Waals surface area contributed by atoms with Crippen molar-refractivity contribution in [2.24, 2.45) is 17.1 Å². The molecule has 2 aliphatic rings. The Hall–Kier alpha value is -3.24. The Kier molecular flexibility index (Phi) is 9.67. The van der Waals surface area contributed by atoms with Crippen molar-refractivity contribution in [3.05, 3.63) is 59.7 Å². The van der Waals surface area contributed by atoms with Crippen molar-refractivity contribution in [1.29, 1.82) is 0 Å². The van der Waals surface area contributed by atoms with E-state index >= 15 is 0 Å². The zero-order chi connectivity index (χ0) is 28.0. The minimum absolute atomic E-state index is 0.00140. The molecular formula is C28H36N4O5S. The molecule has 3 rings (SSSR count). The molecule has 4 N–H and O–H groups in total. The van der Waals surface area contributed by atoms with Crippen molar-refractivity contribution in [1.82, 2.24) is 15.5 Å². The normalized spacial score (nSPS) is 20.7. The second kappa shape index (κ2) is 12.5. The van der Waals surface area contributed by atoms with E-state index in [0.29, 0.717) is 24.0 Å². The number of fused-ring (bicyclic) bond motifs is 1. The number of amides is 4. The van der Waals surface area contributed by atoms with E-state index in [4.69, 9.17) is 5.73 Å². The van der Waals surface area contributed by atoms with Crippen LogP contribution in [0.2, 0.25) is 0 Å². The lowest BCUT2D eigenvalue weighted by Gasteiger charge is -2.35. The van der Waals surface area contributed by atoms with Gasteiger partial charge in [-0.3, -0.25) is 28.9 Å². The van der Waals surface area contributed by atoms with E-state index in [1.54, 1.807) is 36.4 Å². The number of ketones is 1. The molecule has 0 radical (unpaired) electrons. The van der Waals surface area contributed by atoms with Gasteiger partial charge >= 0.3 is 0 Å². The van der Waals surface area contributed by atoms with Crippen LogP contribution in [0, 0.1) is 11.3 Å². The van der Waals surface area contributed by atoms with Crippen LogP contribution in [0.3, 0.4) is 0 Å². The smallest absolute Gasteiger partial charge is 0.261 e. The molecule has 4 amide bonds. The summed E-state index contributed by atoms with van der Waals surface area (Å²) in [5.41, 5.74) is 5.87. The first-order valence-corrected chi connectivity index (χ1v) is 13.3. The molecule has 1 heterocycles. The summed E-state index contributed by atoms with van der Waals surface area (Å²) in [5.74, 6) is -1.77. The zero-order valence-corrected chi connectivity index (χ0v) is 22.9. The van der Waals surface area contributed by atoms with E-state index < -0.39 is 46.4 Å². The first kappa shape index (κ1) is 29.3. The first-order valence-electron chi connectivity index (χ1n) is 12.8. The van der Waals surface area contributed by atoms with Gasteiger partial charge in [-0.15, -0.1) is 0 Å². The van der Waals surface area contributed by atoms with Crippen molar-refractivity contribution >= 4 is 42.0 Å². The van der Waals surface area contributed by atoms with Crippen molar-refractivity contribution in [2.75, 3.05) is 13.6 Å². The quantitative estimate of drug-likeness (QED) is 0.236. The number of carbonyl (C=O) groups excluding carboxylic acids is 5. The maximum Gasteiger partial charge on any atom is 0.261 e. The van der Waals surface area contributed by atoms with Gasteiger partial charge in [-0.1, -0.05) is 50.3 Å². The fraction of sp³-hybridized carbons (Fsp3) is 0.464. The third kappa shape index (κ3) is 6.42. The van der Waals surface area contributed by atoms with Crippen LogP contribution >= 0.6 is 12.6 Å². The minimum Gasteiger partial charge on any atom is -0.357 e. The van der Waals surface area contributed by atoms with Crippen molar-refractivity contribution in [3.63, 3.8) is 0 Å². The number of imide groups is 1. The van der Waals surface area contributed by atoms with Gasteiger partial charge in [0.05, 0.1) is 27.8 Å². The number of benzene rings is 1. The summed E-state index contributed by atoms with van der Waals surface area (Å²) >= 11 is 4.38. The highest BCUT2D eigenvalue weighted by molar-refractivity contribution is 7.81. The topological polar surface area (TPSA) is 139 Å². The van der Waals surface area contributed by atoms with Crippen LogP contribution in [0.25, 0.3) is 0 Å². The minimum atomic E-state index is -1.04. The summed E-state index contributed by atoms with van der Waals surface area (Å²) in [6, 6.07) is 4.83. The number of likely N-dealkylation sites (N-methyl/N-ethyl adjacent to an activating group) is 1. The molecule has 0 bridgehead atoms. The predicted molar refractivity (Wildman–Crippen MR) is 148 cm³/mol. The van der Waals surface area contributed by atoms with Crippen molar-refractivity contribution < 1.29 is 24.0 Å². The molecule has 1 aliphatic heterocycles. The number of hydrogen-bond donors (Lipinski definition) is 4. The molecule has 2 unspecified atom stereocenters. The van der Waals surface area contributed by atoms with Gasteiger partial charge in [0.2, 0.25) is 11.8 Å². The molecule has 0 saturated carbocycles. The number of nitrogens with zero attached hydrogens (tertiary/aromatic N) is 1. The largest absolute Gasteiger partial charge is 0.357 e. The maximum absolute atomic E-state index is 13.5. The molecule has 1 aromatic rings. The molecule has 9 nitrogen and oxygen atoms in total. The molecule has 4 atom stereocenters. The molecule has 0 aromatic heterocycles. The third-order valence-electron chi connectivity index (χ3n) is 6.95. The van der Waals surface area contributed by atoms with E-state index in [9.17, 15) is 24.0 Å². The average Bonchev–Trinajstić information content (AvgIpc) is 3.15. The lowest BCUT2D eigenvalue weighted by molar-refractivity contribution is -0.132. The van der Waals surface area contributed by atoms with Crippen LogP contribution in [0.4, 0.5) is 0 Å². The molecule has 0 spiro atoms. The van der Waals surface area contributed by atoms with Crippen molar-refractivity contribution in [3.8, 4) is 0 Å². The summed E-state index contributed by atoms with van der Waals surface area (Å²) in [4.78, 5) is 65.7. The number of thiol groups is 1. The second-order valence-corrected chi connectivity index (χ2v) is 10.9. The van der Waals surface area contributed by atoms with Crippen LogP contribution < -0.4 is 16.4 Å². The summed E-state index contributed by atoms with van der Waals surface area (Å²) in [7, 11) is 1.46. The standard InChI is InChI=1S/C28H36N4O5S/c1-17(2)15-20(29)23(33)28(12-7-4-8-13-28)16-21(24(34)30-3)31-25(35)22(38)11-14-32-26(36)18-9-5-6-10-19(18)27(32)37/h4-10,12,17,20-22,38H,11,13-16,29H2,1-3H3,(H,30,34)(H,31,35)/t20-,21-,22?,28?/m0/s1. The van der Waals surface area contributed by atoms with Crippen molar-refractivity contribution in [2.45, 2.75) is 56.9 Å². The molecule has 0 saturated heterocycles. The highest BCUT2D eigenvalue weighted by Gasteiger charge is 2.43. The fourth-order valence-corrected chi connectivity index (χ4v) is 5.11. The highest BCUT2D eigenvalue weighted by Crippen LogP contribution is 2.36. The fourth-order valence-electron chi connectivity index (χ4n) is 4.92. The predicted octanol–water partition coefficient (Wildman–Crippen LogP) is 2.04. The maximum atomic E-state index is 13.5. The second-order valence-electron chi connectivity index (χ2n) is 10.2. The average molecular weight is 541 g/mol. The van der Waals surface area contributed by atoms with Gasteiger partial charge < -0.3 is 16.4 Å². The van der Waals surface area contributed by atoms with E-state index in [-0.39, 0.29) is 31.1 Å². The van der Waals surface area contributed by atoms with E-state index in [2.05, 4.69) is 23.3 Å². The van der Waals surface area contributed by atoms with Gasteiger partial charge in [-0.05, 0) is 43.7 Å². The lowest BCUT2D eigenvalue weighted by atomic mass is 9.70. The van der Waals surface area contributed by atoms with Crippen LogP contribution in [0.15, 0.2) is 48.6 Å². The Balaban J connectivity index is 1.69. The van der Waals surface area contributed by atoms with Gasteiger partial charge in [0.1, 0.15) is 6.04 Å². The van der Waals surface area contributed by atoms with Gasteiger partial charge in [-0.2, -0.15) is 12.6 Å². The monoisotopic (exact) mass is 540 g/mol.